The maximum atomic E-state index is 11.8. The standard InChI is InChI=1S/C11H19N3O5/c12-9(16)2-1-8(10(17)18)13-11(19)14-5-3-7(15)4-6-14/h7-8,15H,1-6H2,(H2,12,16)(H,13,19)(H,17,18). The molecule has 0 saturated carbocycles. The fourth-order valence-corrected chi connectivity index (χ4v) is 1.85. The van der Waals surface area contributed by atoms with Gasteiger partial charge >= 0.3 is 12.0 Å². The van der Waals surface area contributed by atoms with Gasteiger partial charge in [-0.05, 0) is 19.3 Å². The van der Waals surface area contributed by atoms with E-state index < -0.39 is 30.1 Å². The average Bonchev–Trinajstić information content (AvgIpc) is 2.34. The van der Waals surface area contributed by atoms with Crippen LogP contribution in [0.5, 0.6) is 0 Å². The number of nitrogens with one attached hydrogen (secondary N) is 1. The molecule has 0 bridgehead atoms. The fourth-order valence-electron chi connectivity index (χ4n) is 1.85. The highest BCUT2D eigenvalue weighted by atomic mass is 16.4. The number of carboxylic acid groups (broad SMARTS) is 1. The first-order valence-corrected chi connectivity index (χ1v) is 6.14. The number of primary amides is 1. The van der Waals surface area contributed by atoms with Crippen LogP contribution in [-0.4, -0.2) is 58.3 Å². The third kappa shape index (κ3) is 5.12. The molecule has 5 N–H and O–H groups in total. The Morgan fingerprint density at radius 3 is 2.37 bits per heavy atom. The zero-order valence-corrected chi connectivity index (χ0v) is 10.5. The molecule has 0 aliphatic carbocycles. The number of hydrogen-bond donors (Lipinski definition) is 4. The molecule has 1 fully saturated rings. The van der Waals surface area contributed by atoms with Gasteiger partial charge in [0, 0.05) is 19.5 Å². The molecule has 108 valence electrons. The van der Waals surface area contributed by atoms with Gasteiger partial charge in [0.15, 0.2) is 0 Å². The maximum Gasteiger partial charge on any atom is 0.326 e. The number of aliphatic hydroxyl groups excluding tert-OH is 1. The molecule has 1 heterocycles. The Bertz CT molecular complexity index is 352. The second-order valence-electron chi connectivity index (χ2n) is 4.56. The predicted octanol–water partition coefficient (Wildman–Crippen LogP) is -1.13. The van der Waals surface area contributed by atoms with Crippen molar-refractivity contribution in [2.45, 2.75) is 37.8 Å². The minimum atomic E-state index is -1.20. The molecule has 1 rings (SSSR count). The number of aliphatic carboxylic acids is 1. The summed E-state index contributed by atoms with van der Waals surface area (Å²) in [5.41, 5.74) is 4.95. The highest BCUT2D eigenvalue weighted by Crippen LogP contribution is 2.10. The van der Waals surface area contributed by atoms with Crippen LogP contribution < -0.4 is 11.1 Å². The van der Waals surface area contributed by atoms with Crippen molar-refractivity contribution >= 4 is 17.9 Å². The van der Waals surface area contributed by atoms with Gasteiger partial charge in [-0.25, -0.2) is 9.59 Å². The Hall–Kier alpha value is -1.83. The van der Waals surface area contributed by atoms with Crippen molar-refractivity contribution in [2.75, 3.05) is 13.1 Å². The highest BCUT2D eigenvalue weighted by Gasteiger charge is 2.26. The van der Waals surface area contributed by atoms with Crippen molar-refractivity contribution in [3.63, 3.8) is 0 Å². The summed E-state index contributed by atoms with van der Waals surface area (Å²) in [4.78, 5) is 34.9. The monoisotopic (exact) mass is 273 g/mol. The van der Waals surface area contributed by atoms with E-state index in [-0.39, 0.29) is 12.8 Å². The van der Waals surface area contributed by atoms with E-state index in [0.29, 0.717) is 25.9 Å². The molecule has 0 aromatic carbocycles. The fraction of sp³-hybridized carbons (Fsp3) is 0.727. The van der Waals surface area contributed by atoms with Crippen LogP contribution in [0.2, 0.25) is 0 Å². The topological polar surface area (TPSA) is 133 Å². The summed E-state index contributed by atoms with van der Waals surface area (Å²) >= 11 is 0. The number of hydrogen-bond acceptors (Lipinski definition) is 4. The first-order valence-electron chi connectivity index (χ1n) is 6.14. The van der Waals surface area contributed by atoms with Crippen LogP contribution in [0.3, 0.4) is 0 Å². The molecule has 3 amide bonds. The molecule has 1 aliphatic rings. The number of nitrogens with zero attached hydrogens (tertiary/aromatic N) is 1. The van der Waals surface area contributed by atoms with Gasteiger partial charge < -0.3 is 26.2 Å². The molecular weight excluding hydrogens is 254 g/mol. The van der Waals surface area contributed by atoms with Crippen LogP contribution in [-0.2, 0) is 9.59 Å². The van der Waals surface area contributed by atoms with Crippen LogP contribution in [0.4, 0.5) is 4.79 Å². The van der Waals surface area contributed by atoms with E-state index in [1.165, 1.54) is 4.90 Å². The number of carboxylic acids is 1. The van der Waals surface area contributed by atoms with Gasteiger partial charge in [-0.3, -0.25) is 4.79 Å². The number of piperidine rings is 1. The molecule has 0 radical (unpaired) electrons. The largest absolute Gasteiger partial charge is 0.480 e. The lowest BCUT2D eigenvalue weighted by atomic mass is 10.1. The third-order valence-electron chi connectivity index (χ3n) is 3.03. The number of nitrogens with two attached hydrogens (primary N) is 1. The summed E-state index contributed by atoms with van der Waals surface area (Å²) in [5, 5.41) is 20.6. The highest BCUT2D eigenvalue weighted by molar-refractivity contribution is 5.83. The normalized spacial score (nSPS) is 17.8. The zero-order chi connectivity index (χ0) is 14.4. The van der Waals surface area contributed by atoms with E-state index in [1.807, 2.05) is 0 Å². The van der Waals surface area contributed by atoms with E-state index in [4.69, 9.17) is 10.8 Å². The summed E-state index contributed by atoms with van der Waals surface area (Å²) < 4.78 is 0. The number of rotatable bonds is 5. The Morgan fingerprint density at radius 1 is 1.32 bits per heavy atom. The number of carbonyl (C=O) groups is 3. The summed E-state index contributed by atoms with van der Waals surface area (Å²) in [6, 6.07) is -1.63. The maximum absolute atomic E-state index is 11.8. The molecule has 8 nitrogen and oxygen atoms in total. The quantitative estimate of drug-likeness (QED) is 0.503. The molecule has 8 heteroatoms. The first kappa shape index (κ1) is 15.2. The van der Waals surface area contributed by atoms with Crippen molar-refractivity contribution in [3.05, 3.63) is 0 Å². The van der Waals surface area contributed by atoms with Gasteiger partial charge in [0.25, 0.3) is 0 Å². The number of likely N-dealkylation sites (tertiary alicyclic amines) is 1. The number of carbonyl (C=O) groups excluding carboxylic acids is 2. The molecular formula is C11H19N3O5. The molecule has 0 aromatic heterocycles. The summed E-state index contributed by atoms with van der Waals surface area (Å²) in [7, 11) is 0. The van der Waals surface area contributed by atoms with Crippen LogP contribution in [0.1, 0.15) is 25.7 Å². The van der Waals surface area contributed by atoms with E-state index in [0.717, 1.165) is 0 Å². The Balaban J connectivity index is 2.46. The molecule has 1 unspecified atom stereocenters. The number of aliphatic hydroxyl groups is 1. The summed E-state index contributed by atoms with van der Waals surface area (Å²) in [5.74, 6) is -1.81. The molecule has 1 saturated heterocycles. The van der Waals surface area contributed by atoms with Crippen molar-refractivity contribution in [3.8, 4) is 0 Å². The van der Waals surface area contributed by atoms with E-state index >= 15 is 0 Å². The van der Waals surface area contributed by atoms with Crippen LogP contribution in [0.25, 0.3) is 0 Å². The van der Waals surface area contributed by atoms with E-state index in [9.17, 15) is 19.5 Å². The van der Waals surface area contributed by atoms with Crippen molar-refractivity contribution in [1.29, 1.82) is 0 Å². The second kappa shape index (κ2) is 6.93. The number of amides is 3. The average molecular weight is 273 g/mol. The zero-order valence-electron chi connectivity index (χ0n) is 10.5. The van der Waals surface area contributed by atoms with Crippen LogP contribution in [0.15, 0.2) is 0 Å². The molecule has 1 aliphatic heterocycles. The third-order valence-corrected chi connectivity index (χ3v) is 3.03. The molecule has 0 spiro atoms. The van der Waals surface area contributed by atoms with Gasteiger partial charge in [-0.1, -0.05) is 0 Å². The van der Waals surface area contributed by atoms with Crippen LogP contribution >= 0.6 is 0 Å². The molecule has 19 heavy (non-hydrogen) atoms. The predicted molar refractivity (Wildman–Crippen MR) is 65.2 cm³/mol. The van der Waals surface area contributed by atoms with Gasteiger partial charge in [-0.15, -0.1) is 0 Å². The second-order valence-corrected chi connectivity index (χ2v) is 4.56. The Labute approximate surface area is 110 Å². The van der Waals surface area contributed by atoms with Gasteiger partial charge in [-0.2, -0.15) is 0 Å². The smallest absolute Gasteiger partial charge is 0.326 e. The number of urea groups is 1. The van der Waals surface area contributed by atoms with E-state index in [1.54, 1.807) is 0 Å². The SMILES string of the molecule is NC(=O)CCC(NC(=O)N1CCC(O)CC1)C(=O)O. The summed E-state index contributed by atoms with van der Waals surface area (Å²) in [6.07, 6.45) is 0.413. The van der Waals surface area contributed by atoms with Crippen molar-refractivity contribution in [2.24, 2.45) is 5.73 Å². The Morgan fingerprint density at radius 2 is 1.89 bits per heavy atom. The van der Waals surface area contributed by atoms with Gasteiger partial charge in [0.2, 0.25) is 5.91 Å². The van der Waals surface area contributed by atoms with Crippen molar-refractivity contribution < 1.29 is 24.6 Å². The lowest BCUT2D eigenvalue weighted by Crippen LogP contribution is -2.50. The first-order chi connectivity index (χ1) is 8.90. The van der Waals surface area contributed by atoms with Crippen molar-refractivity contribution in [1.82, 2.24) is 10.2 Å². The van der Waals surface area contributed by atoms with Gasteiger partial charge in [0.1, 0.15) is 6.04 Å². The Kier molecular flexibility index (Phi) is 5.56. The van der Waals surface area contributed by atoms with Crippen LogP contribution in [0, 0.1) is 0 Å². The minimum Gasteiger partial charge on any atom is -0.480 e. The van der Waals surface area contributed by atoms with E-state index in [2.05, 4.69) is 5.32 Å². The molecule has 1 atom stereocenters. The minimum absolute atomic E-state index is 0.0348. The molecule has 0 aromatic rings. The summed E-state index contributed by atoms with van der Waals surface area (Å²) in [6.45, 7) is 0.768. The van der Waals surface area contributed by atoms with Gasteiger partial charge in [0.05, 0.1) is 6.10 Å². The lowest BCUT2D eigenvalue weighted by molar-refractivity contribution is -0.139. The lowest BCUT2D eigenvalue weighted by Gasteiger charge is -2.30.